The van der Waals surface area contributed by atoms with Crippen molar-refractivity contribution in [2.45, 2.75) is 25.4 Å². The van der Waals surface area contributed by atoms with Gasteiger partial charge in [-0.1, -0.05) is 6.07 Å². The zero-order valence-corrected chi connectivity index (χ0v) is 8.89. The van der Waals surface area contributed by atoms with Gasteiger partial charge < -0.3 is 10.4 Å². The molecule has 0 atom stereocenters. The minimum Gasteiger partial charge on any atom is -0.385 e. The van der Waals surface area contributed by atoms with E-state index in [1.54, 1.807) is 6.07 Å². The van der Waals surface area contributed by atoms with Crippen LogP contribution in [0.3, 0.4) is 0 Å². The molecule has 82 valence electrons. The highest BCUT2D eigenvalue weighted by molar-refractivity contribution is 5.32. The van der Waals surface area contributed by atoms with Crippen LogP contribution < -0.4 is 5.32 Å². The van der Waals surface area contributed by atoms with Crippen molar-refractivity contribution in [3.8, 4) is 0 Å². The van der Waals surface area contributed by atoms with Crippen molar-refractivity contribution in [3.63, 3.8) is 0 Å². The Morgan fingerprint density at radius 1 is 1.33 bits per heavy atom. The summed E-state index contributed by atoms with van der Waals surface area (Å²) in [6.07, 6.45) is 1.39. The van der Waals surface area contributed by atoms with Gasteiger partial charge in [0.05, 0.1) is 5.60 Å². The highest BCUT2D eigenvalue weighted by Gasteiger charge is 2.32. The molecule has 2 rings (SSSR count). The molecule has 2 nitrogen and oxygen atoms in total. The van der Waals surface area contributed by atoms with Gasteiger partial charge in [-0.3, -0.25) is 0 Å². The Morgan fingerprint density at radius 2 is 2.00 bits per heavy atom. The van der Waals surface area contributed by atoms with Crippen LogP contribution in [0.25, 0.3) is 0 Å². The quantitative estimate of drug-likeness (QED) is 0.738. The summed E-state index contributed by atoms with van der Waals surface area (Å²) in [6.45, 7) is 3.47. The maximum absolute atomic E-state index is 12.9. The summed E-state index contributed by atoms with van der Waals surface area (Å²) >= 11 is 0. The Balaban J connectivity index is 2.35. The van der Waals surface area contributed by atoms with Crippen LogP contribution in [0.15, 0.2) is 18.2 Å². The third-order valence-corrected chi connectivity index (χ3v) is 3.12. The SMILES string of the molecule is Cc1cc(F)ccc1C1(O)CCNCC1. The van der Waals surface area contributed by atoms with Crippen LogP contribution in [0.4, 0.5) is 4.39 Å². The number of piperidine rings is 1. The van der Waals surface area contributed by atoms with Crippen LogP contribution in [-0.4, -0.2) is 18.2 Å². The van der Waals surface area contributed by atoms with Gasteiger partial charge in [-0.25, -0.2) is 4.39 Å². The van der Waals surface area contributed by atoms with Crippen LogP contribution in [0.5, 0.6) is 0 Å². The van der Waals surface area contributed by atoms with E-state index in [0.717, 1.165) is 24.2 Å². The monoisotopic (exact) mass is 209 g/mol. The third kappa shape index (κ3) is 2.03. The lowest BCUT2D eigenvalue weighted by molar-refractivity contribution is 0.00533. The summed E-state index contributed by atoms with van der Waals surface area (Å²) in [7, 11) is 0. The summed E-state index contributed by atoms with van der Waals surface area (Å²) in [5, 5.41) is 13.7. The molecule has 0 radical (unpaired) electrons. The van der Waals surface area contributed by atoms with Crippen molar-refractivity contribution in [1.29, 1.82) is 0 Å². The van der Waals surface area contributed by atoms with Crippen LogP contribution in [0, 0.1) is 12.7 Å². The predicted octanol–water partition coefficient (Wildman–Crippen LogP) is 1.71. The average molecular weight is 209 g/mol. The molecular weight excluding hydrogens is 193 g/mol. The lowest BCUT2D eigenvalue weighted by Gasteiger charge is -2.34. The molecule has 1 saturated heterocycles. The standard InChI is InChI=1S/C12H16FNO/c1-9-8-10(13)2-3-11(9)12(15)4-6-14-7-5-12/h2-3,8,14-15H,4-7H2,1H3. The summed E-state index contributed by atoms with van der Waals surface area (Å²) in [5.74, 6) is -0.242. The first-order valence-electron chi connectivity index (χ1n) is 5.31. The predicted molar refractivity (Wildman–Crippen MR) is 57.1 cm³/mol. The molecule has 1 aliphatic rings. The molecule has 0 saturated carbocycles. The number of halogens is 1. The molecular formula is C12H16FNO. The number of rotatable bonds is 1. The Morgan fingerprint density at radius 3 is 2.60 bits per heavy atom. The van der Waals surface area contributed by atoms with Crippen LogP contribution in [-0.2, 0) is 5.60 Å². The molecule has 0 spiro atoms. The van der Waals surface area contributed by atoms with E-state index in [9.17, 15) is 9.50 Å². The zero-order valence-electron chi connectivity index (χ0n) is 8.89. The molecule has 0 aromatic heterocycles. The second-order valence-corrected chi connectivity index (χ2v) is 4.24. The number of nitrogens with one attached hydrogen (secondary N) is 1. The molecule has 0 unspecified atom stereocenters. The van der Waals surface area contributed by atoms with Gasteiger partial charge >= 0.3 is 0 Å². The van der Waals surface area contributed by atoms with E-state index in [1.807, 2.05) is 6.92 Å². The van der Waals surface area contributed by atoms with Crippen LogP contribution in [0.2, 0.25) is 0 Å². The molecule has 3 heteroatoms. The van der Waals surface area contributed by atoms with Crippen molar-refractivity contribution >= 4 is 0 Å². The van der Waals surface area contributed by atoms with E-state index in [2.05, 4.69) is 5.32 Å². The number of aliphatic hydroxyl groups is 1. The fourth-order valence-corrected chi connectivity index (χ4v) is 2.26. The van der Waals surface area contributed by atoms with Crippen molar-refractivity contribution in [1.82, 2.24) is 5.32 Å². The molecule has 0 amide bonds. The smallest absolute Gasteiger partial charge is 0.123 e. The Labute approximate surface area is 89.1 Å². The van der Waals surface area contributed by atoms with E-state index in [-0.39, 0.29) is 5.82 Å². The van der Waals surface area contributed by atoms with Gasteiger partial charge in [0.1, 0.15) is 5.82 Å². The molecule has 1 aromatic carbocycles. The molecule has 1 heterocycles. The van der Waals surface area contributed by atoms with Gasteiger partial charge in [-0.2, -0.15) is 0 Å². The largest absolute Gasteiger partial charge is 0.385 e. The Kier molecular flexibility index (Phi) is 2.76. The minimum atomic E-state index is -0.775. The molecule has 1 aromatic rings. The minimum absolute atomic E-state index is 0.242. The normalized spacial score (nSPS) is 20.2. The van der Waals surface area contributed by atoms with Gasteiger partial charge in [0.25, 0.3) is 0 Å². The number of hydrogen-bond acceptors (Lipinski definition) is 2. The Hall–Kier alpha value is -0.930. The fourth-order valence-electron chi connectivity index (χ4n) is 2.26. The lowest BCUT2D eigenvalue weighted by Crippen LogP contribution is -2.40. The maximum Gasteiger partial charge on any atom is 0.123 e. The van der Waals surface area contributed by atoms with E-state index in [4.69, 9.17) is 0 Å². The number of benzene rings is 1. The van der Waals surface area contributed by atoms with Crippen molar-refractivity contribution in [2.75, 3.05) is 13.1 Å². The molecule has 15 heavy (non-hydrogen) atoms. The second-order valence-electron chi connectivity index (χ2n) is 4.24. The number of hydrogen-bond donors (Lipinski definition) is 2. The lowest BCUT2D eigenvalue weighted by atomic mass is 9.83. The first-order chi connectivity index (χ1) is 7.12. The van der Waals surface area contributed by atoms with E-state index >= 15 is 0 Å². The summed E-state index contributed by atoms with van der Waals surface area (Å²) in [4.78, 5) is 0. The van der Waals surface area contributed by atoms with E-state index < -0.39 is 5.60 Å². The maximum atomic E-state index is 12.9. The fraction of sp³-hybridized carbons (Fsp3) is 0.500. The second kappa shape index (κ2) is 3.91. The zero-order chi connectivity index (χ0) is 10.9. The molecule has 2 N–H and O–H groups in total. The van der Waals surface area contributed by atoms with E-state index in [0.29, 0.717) is 12.8 Å². The number of aryl methyl sites for hydroxylation is 1. The highest BCUT2D eigenvalue weighted by Crippen LogP contribution is 2.32. The molecule has 1 aliphatic heterocycles. The Bertz CT molecular complexity index is 359. The van der Waals surface area contributed by atoms with Crippen LogP contribution >= 0.6 is 0 Å². The average Bonchev–Trinajstić information content (AvgIpc) is 2.18. The summed E-state index contributed by atoms with van der Waals surface area (Å²) < 4.78 is 12.9. The van der Waals surface area contributed by atoms with Crippen molar-refractivity contribution in [3.05, 3.63) is 35.1 Å². The van der Waals surface area contributed by atoms with Gasteiger partial charge in [-0.15, -0.1) is 0 Å². The van der Waals surface area contributed by atoms with Gasteiger partial charge in [0.15, 0.2) is 0 Å². The molecule has 0 aliphatic carbocycles. The summed E-state index contributed by atoms with van der Waals surface area (Å²) in [6, 6.07) is 4.60. The molecule has 1 fully saturated rings. The van der Waals surface area contributed by atoms with Crippen molar-refractivity contribution < 1.29 is 9.50 Å². The summed E-state index contributed by atoms with van der Waals surface area (Å²) in [5.41, 5.74) is 0.924. The molecule has 0 bridgehead atoms. The first-order valence-corrected chi connectivity index (χ1v) is 5.31. The van der Waals surface area contributed by atoms with Gasteiger partial charge in [0, 0.05) is 0 Å². The highest BCUT2D eigenvalue weighted by atomic mass is 19.1. The third-order valence-electron chi connectivity index (χ3n) is 3.12. The van der Waals surface area contributed by atoms with Crippen molar-refractivity contribution in [2.24, 2.45) is 0 Å². The van der Waals surface area contributed by atoms with Gasteiger partial charge in [-0.05, 0) is 56.1 Å². The van der Waals surface area contributed by atoms with Crippen LogP contribution in [0.1, 0.15) is 24.0 Å². The van der Waals surface area contributed by atoms with Gasteiger partial charge in [0.2, 0.25) is 0 Å². The topological polar surface area (TPSA) is 32.3 Å². The first kappa shape index (κ1) is 10.6. The van der Waals surface area contributed by atoms with E-state index in [1.165, 1.54) is 12.1 Å².